The Bertz CT molecular complexity index is 1150. The number of carbonyl (C=O) groups is 3. The molecule has 2 N–H and O–H groups in total. The van der Waals surface area contributed by atoms with Gasteiger partial charge in [0, 0.05) is 21.5 Å². The number of benzene rings is 2. The number of hydrogen-bond acceptors (Lipinski definition) is 6. The number of imide groups is 1. The van der Waals surface area contributed by atoms with Crippen molar-refractivity contribution in [3.63, 3.8) is 0 Å². The van der Waals surface area contributed by atoms with Gasteiger partial charge in [0.25, 0.3) is 5.91 Å². The largest absolute Gasteiger partial charge is 0.329 e. The highest BCUT2D eigenvalue weighted by Gasteiger charge is 2.38. The van der Waals surface area contributed by atoms with Gasteiger partial charge >= 0.3 is 6.03 Å². The van der Waals surface area contributed by atoms with Gasteiger partial charge in [0.2, 0.25) is 11.0 Å². The molecule has 11 heteroatoms. The average Bonchev–Trinajstić information content (AvgIpc) is 3.31. The van der Waals surface area contributed by atoms with E-state index in [4.69, 9.17) is 11.6 Å². The highest BCUT2D eigenvalue weighted by Crippen LogP contribution is 2.28. The van der Waals surface area contributed by atoms with Crippen molar-refractivity contribution in [3.8, 4) is 10.6 Å². The monoisotopic (exact) mass is 519 g/mol. The van der Waals surface area contributed by atoms with E-state index in [0.29, 0.717) is 20.8 Å². The van der Waals surface area contributed by atoms with Crippen molar-refractivity contribution in [3.05, 3.63) is 58.0 Å². The quantitative estimate of drug-likeness (QED) is 0.467. The predicted octanol–water partition coefficient (Wildman–Crippen LogP) is 4.46. The lowest BCUT2D eigenvalue weighted by molar-refractivity contribution is -0.119. The Morgan fingerprint density at radius 1 is 1.19 bits per heavy atom. The molecule has 4 amide bonds. The standard InChI is InChI=1S/C20H15BrClN5O3S/c21-12-3-1-2-11(10-12)17-25-26-19(31-17)24-16(28)9-8-15-18(29)27(20(30)23-15)14-6-4-13(22)5-7-14/h1-7,10,15H,8-9H2,(H,23,30)(H,24,26,28). The van der Waals surface area contributed by atoms with Gasteiger partial charge in [-0.3, -0.25) is 9.59 Å². The van der Waals surface area contributed by atoms with Gasteiger partial charge in [-0.05, 0) is 42.8 Å². The predicted molar refractivity (Wildman–Crippen MR) is 122 cm³/mol. The third-order valence-electron chi connectivity index (χ3n) is 4.51. The normalized spacial score (nSPS) is 15.8. The first-order valence-corrected chi connectivity index (χ1v) is 11.2. The molecular formula is C20H15BrClN5O3S. The van der Waals surface area contributed by atoms with Crippen LogP contribution < -0.4 is 15.5 Å². The molecule has 1 aliphatic heterocycles. The molecule has 8 nitrogen and oxygen atoms in total. The van der Waals surface area contributed by atoms with E-state index < -0.39 is 18.0 Å². The fraction of sp³-hybridized carbons (Fsp3) is 0.150. The number of amides is 4. The van der Waals surface area contributed by atoms with E-state index in [1.54, 1.807) is 24.3 Å². The number of anilines is 2. The van der Waals surface area contributed by atoms with E-state index >= 15 is 0 Å². The first-order valence-electron chi connectivity index (χ1n) is 9.20. The second kappa shape index (κ2) is 9.13. The number of halogens is 2. The molecule has 0 bridgehead atoms. The molecule has 4 rings (SSSR count). The SMILES string of the molecule is O=C(CCC1NC(=O)N(c2ccc(Cl)cc2)C1=O)Nc1nnc(-c2cccc(Br)c2)s1. The number of rotatable bonds is 6. The number of nitrogens with one attached hydrogen (secondary N) is 2. The molecule has 1 unspecified atom stereocenters. The van der Waals surface area contributed by atoms with E-state index in [9.17, 15) is 14.4 Å². The average molecular weight is 521 g/mol. The van der Waals surface area contributed by atoms with Crippen LogP contribution in [0, 0.1) is 0 Å². The summed E-state index contributed by atoms with van der Waals surface area (Å²) in [5.74, 6) is -0.725. The van der Waals surface area contributed by atoms with Crippen LogP contribution in [-0.2, 0) is 9.59 Å². The third kappa shape index (κ3) is 4.92. The molecule has 0 radical (unpaired) electrons. The maximum absolute atomic E-state index is 12.6. The van der Waals surface area contributed by atoms with Crippen LogP contribution in [0.3, 0.4) is 0 Å². The van der Waals surface area contributed by atoms with E-state index in [-0.39, 0.29) is 18.7 Å². The van der Waals surface area contributed by atoms with Crippen molar-refractivity contribution in [2.75, 3.05) is 10.2 Å². The Labute approximate surface area is 194 Å². The zero-order chi connectivity index (χ0) is 22.0. The lowest BCUT2D eigenvalue weighted by Gasteiger charge is -2.13. The molecular weight excluding hydrogens is 506 g/mol. The minimum Gasteiger partial charge on any atom is -0.325 e. The molecule has 158 valence electrons. The maximum atomic E-state index is 12.6. The van der Waals surface area contributed by atoms with Gasteiger partial charge in [-0.1, -0.05) is 51.0 Å². The first kappa shape index (κ1) is 21.4. The van der Waals surface area contributed by atoms with Crippen LogP contribution in [0.5, 0.6) is 0 Å². The lowest BCUT2D eigenvalue weighted by atomic mass is 10.1. The van der Waals surface area contributed by atoms with Crippen LogP contribution in [-0.4, -0.2) is 34.1 Å². The summed E-state index contributed by atoms with van der Waals surface area (Å²) in [6.45, 7) is 0. The number of aromatic nitrogens is 2. The van der Waals surface area contributed by atoms with Crippen LogP contribution in [0.1, 0.15) is 12.8 Å². The topological polar surface area (TPSA) is 104 Å². The Morgan fingerprint density at radius 2 is 1.97 bits per heavy atom. The summed E-state index contributed by atoms with van der Waals surface area (Å²) >= 11 is 10.5. The van der Waals surface area contributed by atoms with Crippen molar-refractivity contribution in [2.45, 2.75) is 18.9 Å². The van der Waals surface area contributed by atoms with Gasteiger partial charge in [-0.15, -0.1) is 10.2 Å². The minimum atomic E-state index is -0.777. The zero-order valence-corrected chi connectivity index (χ0v) is 19.0. The van der Waals surface area contributed by atoms with Gasteiger partial charge in [-0.25, -0.2) is 9.69 Å². The Balaban J connectivity index is 1.33. The molecule has 1 atom stereocenters. The maximum Gasteiger partial charge on any atom is 0.329 e. The Kier molecular flexibility index (Phi) is 6.30. The van der Waals surface area contributed by atoms with E-state index in [1.807, 2.05) is 24.3 Å². The van der Waals surface area contributed by atoms with Crippen molar-refractivity contribution < 1.29 is 14.4 Å². The fourth-order valence-corrected chi connectivity index (χ4v) is 4.31. The van der Waals surface area contributed by atoms with Crippen LogP contribution in [0.15, 0.2) is 53.0 Å². The van der Waals surface area contributed by atoms with Crippen molar-refractivity contribution >= 4 is 67.5 Å². The second-order valence-corrected chi connectivity index (χ2v) is 8.99. The number of hydrogen-bond donors (Lipinski definition) is 2. The molecule has 0 saturated carbocycles. The molecule has 1 aliphatic rings. The minimum absolute atomic E-state index is 0.0386. The summed E-state index contributed by atoms with van der Waals surface area (Å²) in [6.07, 6.45) is 0.203. The lowest BCUT2D eigenvalue weighted by Crippen LogP contribution is -2.31. The molecule has 2 heterocycles. The molecule has 0 spiro atoms. The zero-order valence-electron chi connectivity index (χ0n) is 15.8. The highest BCUT2D eigenvalue weighted by atomic mass is 79.9. The summed E-state index contributed by atoms with van der Waals surface area (Å²) in [5, 5.41) is 14.9. The van der Waals surface area contributed by atoms with Crippen LogP contribution >= 0.6 is 38.9 Å². The molecule has 1 saturated heterocycles. The number of carbonyl (C=O) groups excluding carboxylic acids is 3. The first-order chi connectivity index (χ1) is 14.9. The van der Waals surface area contributed by atoms with E-state index in [2.05, 4.69) is 36.8 Å². The van der Waals surface area contributed by atoms with E-state index in [0.717, 1.165) is 14.9 Å². The number of urea groups is 1. The second-order valence-electron chi connectivity index (χ2n) is 6.66. The molecule has 31 heavy (non-hydrogen) atoms. The molecule has 2 aromatic carbocycles. The third-order valence-corrected chi connectivity index (χ3v) is 6.14. The van der Waals surface area contributed by atoms with Crippen LogP contribution in [0.25, 0.3) is 10.6 Å². The van der Waals surface area contributed by atoms with E-state index in [1.165, 1.54) is 11.3 Å². The summed E-state index contributed by atoms with van der Waals surface area (Å²) < 4.78 is 0.918. The van der Waals surface area contributed by atoms with Crippen LogP contribution in [0.2, 0.25) is 5.02 Å². The molecule has 0 aliphatic carbocycles. The van der Waals surface area contributed by atoms with Gasteiger partial charge in [-0.2, -0.15) is 0 Å². The summed E-state index contributed by atoms with van der Waals surface area (Å²) in [6, 6.07) is 12.7. The summed E-state index contributed by atoms with van der Waals surface area (Å²) in [5.41, 5.74) is 1.31. The fourth-order valence-electron chi connectivity index (χ4n) is 3.03. The highest BCUT2D eigenvalue weighted by molar-refractivity contribution is 9.10. The molecule has 1 aromatic heterocycles. The van der Waals surface area contributed by atoms with Gasteiger partial charge in [0.15, 0.2) is 0 Å². The molecule has 1 fully saturated rings. The van der Waals surface area contributed by atoms with Crippen molar-refractivity contribution in [1.82, 2.24) is 15.5 Å². The summed E-state index contributed by atoms with van der Waals surface area (Å²) in [4.78, 5) is 38.2. The van der Waals surface area contributed by atoms with Crippen LogP contribution in [0.4, 0.5) is 15.6 Å². The Morgan fingerprint density at radius 3 is 2.71 bits per heavy atom. The van der Waals surface area contributed by atoms with Crippen molar-refractivity contribution in [2.24, 2.45) is 0 Å². The van der Waals surface area contributed by atoms with Gasteiger partial charge in [0.05, 0.1) is 5.69 Å². The number of nitrogens with zero attached hydrogens (tertiary/aromatic N) is 3. The summed E-state index contributed by atoms with van der Waals surface area (Å²) in [7, 11) is 0. The smallest absolute Gasteiger partial charge is 0.325 e. The van der Waals surface area contributed by atoms with Gasteiger partial charge in [0.1, 0.15) is 11.0 Å². The molecule has 3 aromatic rings. The Hall–Kier alpha value is -2.82. The van der Waals surface area contributed by atoms with Gasteiger partial charge < -0.3 is 10.6 Å². The van der Waals surface area contributed by atoms with Crippen molar-refractivity contribution in [1.29, 1.82) is 0 Å².